The number of fused-ring (bicyclic) bond motifs is 2. The molecular formula is C34H46O4. The van der Waals surface area contributed by atoms with E-state index in [2.05, 4.69) is 49.4 Å². The molecule has 0 N–H and O–H groups in total. The Kier molecular flexibility index (Phi) is 9.98. The van der Waals surface area contributed by atoms with Crippen molar-refractivity contribution in [2.45, 2.75) is 117 Å². The first-order valence-electron chi connectivity index (χ1n) is 14.3. The van der Waals surface area contributed by atoms with Crippen LogP contribution < -0.4 is 0 Å². The highest BCUT2D eigenvalue weighted by Crippen LogP contribution is 2.36. The summed E-state index contributed by atoms with van der Waals surface area (Å²) in [6, 6.07) is 15.6. The average Bonchev–Trinajstić information content (AvgIpc) is 2.82. The minimum Gasteiger partial charge on any atom is -0.460 e. The van der Waals surface area contributed by atoms with Crippen molar-refractivity contribution in [1.29, 1.82) is 0 Å². The van der Waals surface area contributed by atoms with Crippen molar-refractivity contribution < 1.29 is 19.1 Å². The summed E-state index contributed by atoms with van der Waals surface area (Å²) in [4.78, 5) is 24.4. The fourth-order valence-electron chi connectivity index (χ4n) is 5.09. The van der Waals surface area contributed by atoms with Crippen LogP contribution in [0.4, 0.5) is 0 Å². The SMILES string of the molecule is CCc1ccc2c(CCCCC(=O)OC(C)(C)C)c3ccccc3c(CCCCC(=O)OC(C)(C)C)c2c1. The second kappa shape index (κ2) is 12.8. The topological polar surface area (TPSA) is 52.6 Å². The Bertz CT molecular complexity index is 1260. The predicted octanol–water partition coefficient (Wildman–Crippen LogP) is 8.66. The second-order valence-electron chi connectivity index (χ2n) is 12.3. The number of benzene rings is 3. The molecule has 0 saturated heterocycles. The third kappa shape index (κ3) is 8.58. The zero-order valence-corrected chi connectivity index (χ0v) is 24.5. The molecule has 4 nitrogen and oxygen atoms in total. The molecule has 0 atom stereocenters. The molecule has 38 heavy (non-hydrogen) atoms. The summed E-state index contributed by atoms with van der Waals surface area (Å²) in [5.74, 6) is -0.247. The number of carbonyl (C=O) groups is 2. The zero-order chi connectivity index (χ0) is 27.9. The highest BCUT2D eigenvalue weighted by atomic mass is 16.6. The van der Waals surface area contributed by atoms with Crippen molar-refractivity contribution in [3.05, 3.63) is 59.2 Å². The van der Waals surface area contributed by atoms with Crippen molar-refractivity contribution in [2.75, 3.05) is 0 Å². The molecule has 0 heterocycles. The van der Waals surface area contributed by atoms with E-state index in [-0.39, 0.29) is 11.9 Å². The maximum absolute atomic E-state index is 12.2. The van der Waals surface area contributed by atoms with E-state index in [1.165, 1.54) is 38.2 Å². The van der Waals surface area contributed by atoms with Crippen molar-refractivity contribution in [2.24, 2.45) is 0 Å². The molecule has 0 aliphatic heterocycles. The zero-order valence-electron chi connectivity index (χ0n) is 24.5. The van der Waals surface area contributed by atoms with Crippen LogP contribution >= 0.6 is 0 Å². The molecule has 0 unspecified atom stereocenters. The van der Waals surface area contributed by atoms with Gasteiger partial charge in [0.05, 0.1) is 0 Å². The molecule has 3 aromatic rings. The maximum Gasteiger partial charge on any atom is 0.306 e. The lowest BCUT2D eigenvalue weighted by Gasteiger charge is -2.20. The molecule has 3 rings (SSSR count). The van der Waals surface area contributed by atoms with E-state index in [1.54, 1.807) is 0 Å². The molecule has 0 amide bonds. The minimum atomic E-state index is -0.442. The molecular weight excluding hydrogens is 472 g/mol. The van der Waals surface area contributed by atoms with Gasteiger partial charge in [-0.15, -0.1) is 0 Å². The number of hydrogen-bond acceptors (Lipinski definition) is 4. The number of unbranched alkanes of at least 4 members (excludes halogenated alkanes) is 2. The van der Waals surface area contributed by atoms with E-state index in [9.17, 15) is 9.59 Å². The van der Waals surface area contributed by atoms with Crippen molar-refractivity contribution >= 4 is 33.5 Å². The number of rotatable bonds is 11. The van der Waals surface area contributed by atoms with Crippen LogP contribution in [0.3, 0.4) is 0 Å². The number of carbonyl (C=O) groups excluding carboxylic acids is 2. The van der Waals surface area contributed by atoms with Gasteiger partial charge in [-0.3, -0.25) is 9.59 Å². The molecule has 0 aromatic heterocycles. The number of hydrogen-bond donors (Lipinski definition) is 0. The van der Waals surface area contributed by atoms with E-state index in [4.69, 9.17) is 9.47 Å². The second-order valence-corrected chi connectivity index (χ2v) is 12.3. The Morgan fingerprint density at radius 1 is 0.632 bits per heavy atom. The molecule has 0 aliphatic rings. The van der Waals surface area contributed by atoms with E-state index in [0.717, 1.165) is 44.9 Å². The number of ether oxygens (including phenoxy) is 2. The molecule has 0 saturated carbocycles. The first kappa shape index (κ1) is 29.7. The van der Waals surface area contributed by atoms with E-state index < -0.39 is 11.2 Å². The van der Waals surface area contributed by atoms with Gasteiger partial charge in [0.15, 0.2) is 0 Å². The largest absolute Gasteiger partial charge is 0.460 e. The van der Waals surface area contributed by atoms with Crippen molar-refractivity contribution in [3.8, 4) is 0 Å². The molecule has 3 aromatic carbocycles. The summed E-state index contributed by atoms with van der Waals surface area (Å²) in [6.45, 7) is 13.7. The van der Waals surface area contributed by atoms with Gasteiger partial charge in [-0.25, -0.2) is 0 Å². The van der Waals surface area contributed by atoms with Gasteiger partial charge >= 0.3 is 11.9 Å². The lowest BCUT2D eigenvalue weighted by molar-refractivity contribution is -0.156. The lowest BCUT2D eigenvalue weighted by atomic mass is 9.86. The minimum absolute atomic E-state index is 0.123. The van der Waals surface area contributed by atoms with Gasteiger partial charge in [0.2, 0.25) is 0 Å². The Labute approximate surface area is 229 Å². The first-order valence-corrected chi connectivity index (χ1v) is 14.3. The normalized spacial score (nSPS) is 12.2. The van der Waals surface area contributed by atoms with Crippen LogP contribution in [0.25, 0.3) is 21.5 Å². The fourth-order valence-corrected chi connectivity index (χ4v) is 5.09. The van der Waals surface area contributed by atoms with Gasteiger partial charge in [0.1, 0.15) is 11.2 Å². The van der Waals surface area contributed by atoms with Gasteiger partial charge in [-0.2, -0.15) is 0 Å². The van der Waals surface area contributed by atoms with Crippen LogP contribution in [0.15, 0.2) is 42.5 Å². The van der Waals surface area contributed by atoms with Crippen LogP contribution in [0.2, 0.25) is 0 Å². The van der Waals surface area contributed by atoms with E-state index >= 15 is 0 Å². The van der Waals surface area contributed by atoms with Gasteiger partial charge in [-0.05, 0) is 125 Å². The standard InChI is InChI=1S/C34H46O4/c1-8-24-21-22-29-27(17-11-13-19-31(35)37-33(2,3)4)25-15-9-10-16-26(25)28(30(29)23-24)18-12-14-20-32(36)38-34(5,6)7/h9-10,15-16,21-23H,8,11-14,17-20H2,1-7H3. The van der Waals surface area contributed by atoms with Gasteiger partial charge in [0, 0.05) is 12.8 Å². The summed E-state index contributed by atoms with van der Waals surface area (Å²) < 4.78 is 11.0. The third-order valence-corrected chi connectivity index (χ3v) is 6.68. The first-order chi connectivity index (χ1) is 17.9. The van der Waals surface area contributed by atoms with Crippen LogP contribution in [-0.4, -0.2) is 23.1 Å². The van der Waals surface area contributed by atoms with E-state index in [1.807, 2.05) is 41.5 Å². The monoisotopic (exact) mass is 518 g/mol. The summed E-state index contributed by atoms with van der Waals surface area (Å²) in [6.07, 6.45) is 7.22. The Morgan fingerprint density at radius 3 is 1.53 bits per heavy atom. The summed E-state index contributed by atoms with van der Waals surface area (Å²) in [5, 5.41) is 5.22. The quantitative estimate of drug-likeness (QED) is 0.145. The smallest absolute Gasteiger partial charge is 0.306 e. The van der Waals surface area contributed by atoms with Crippen LogP contribution in [-0.2, 0) is 38.3 Å². The van der Waals surface area contributed by atoms with Crippen LogP contribution in [0.5, 0.6) is 0 Å². The molecule has 0 fully saturated rings. The average molecular weight is 519 g/mol. The summed E-state index contributed by atoms with van der Waals surface area (Å²) in [5.41, 5.74) is 3.18. The van der Waals surface area contributed by atoms with Gasteiger partial charge in [0.25, 0.3) is 0 Å². The molecule has 0 radical (unpaired) electrons. The third-order valence-electron chi connectivity index (χ3n) is 6.68. The maximum atomic E-state index is 12.2. The van der Waals surface area contributed by atoms with Crippen molar-refractivity contribution in [1.82, 2.24) is 0 Å². The Morgan fingerprint density at radius 2 is 1.08 bits per heavy atom. The van der Waals surface area contributed by atoms with Crippen molar-refractivity contribution in [3.63, 3.8) is 0 Å². The predicted molar refractivity (Wildman–Crippen MR) is 158 cm³/mol. The van der Waals surface area contributed by atoms with Gasteiger partial charge < -0.3 is 9.47 Å². The summed E-state index contributed by atoms with van der Waals surface area (Å²) in [7, 11) is 0. The van der Waals surface area contributed by atoms with Gasteiger partial charge in [-0.1, -0.05) is 49.4 Å². The highest BCUT2D eigenvalue weighted by molar-refractivity contribution is 6.06. The number of esters is 2. The molecule has 4 heteroatoms. The fraction of sp³-hybridized carbons (Fsp3) is 0.529. The van der Waals surface area contributed by atoms with Crippen LogP contribution in [0.1, 0.15) is 104 Å². The van der Waals surface area contributed by atoms with Crippen LogP contribution in [0, 0.1) is 0 Å². The molecule has 0 bridgehead atoms. The Balaban J connectivity index is 1.84. The molecule has 0 aliphatic carbocycles. The molecule has 0 spiro atoms. The Hall–Kier alpha value is -2.88. The summed E-state index contributed by atoms with van der Waals surface area (Å²) >= 11 is 0. The molecule has 206 valence electrons. The van der Waals surface area contributed by atoms with E-state index in [0.29, 0.717) is 12.8 Å². The highest BCUT2D eigenvalue weighted by Gasteiger charge is 2.18. The lowest BCUT2D eigenvalue weighted by Crippen LogP contribution is -2.23. The number of aryl methyl sites for hydroxylation is 3.